The molecule has 6 nitrogen and oxygen atoms in total. The van der Waals surface area contributed by atoms with Crippen LogP contribution in [-0.4, -0.2) is 32.7 Å². The number of carbonyl (C=O) groups is 1. The lowest BCUT2D eigenvalue weighted by Crippen LogP contribution is -2.43. The number of carbonyl (C=O) groups excluding carboxylic acids is 1. The number of anilines is 2. The normalized spacial score (nSPS) is 19.0. The Kier molecular flexibility index (Phi) is 5.19. The highest BCUT2D eigenvalue weighted by Crippen LogP contribution is 2.16. The number of hydrogen-bond donors (Lipinski definition) is 3. The molecule has 1 fully saturated rings. The quantitative estimate of drug-likeness (QED) is 0.769. The molecule has 3 N–H and O–H groups in total. The summed E-state index contributed by atoms with van der Waals surface area (Å²) in [4.78, 5) is 12.0. The third-order valence-corrected chi connectivity index (χ3v) is 4.74. The molecule has 1 heterocycles. The molecular formula is C14H21N3O3S. The first-order chi connectivity index (χ1) is 10.00. The molecular weight excluding hydrogens is 290 g/mol. The zero-order valence-electron chi connectivity index (χ0n) is 12.1. The van der Waals surface area contributed by atoms with Gasteiger partial charge in [-0.05, 0) is 50.6 Å². The van der Waals surface area contributed by atoms with Gasteiger partial charge in [0.15, 0.2) is 0 Å². The van der Waals surface area contributed by atoms with Crippen molar-refractivity contribution in [3.63, 3.8) is 0 Å². The molecule has 0 aliphatic carbocycles. The fourth-order valence-electron chi connectivity index (χ4n) is 2.18. The van der Waals surface area contributed by atoms with Gasteiger partial charge in [-0.2, -0.15) is 0 Å². The third kappa shape index (κ3) is 4.71. The van der Waals surface area contributed by atoms with Gasteiger partial charge in [0.2, 0.25) is 15.9 Å². The Bertz CT molecular complexity index is 578. The van der Waals surface area contributed by atoms with Gasteiger partial charge in [0, 0.05) is 11.4 Å². The van der Waals surface area contributed by atoms with Gasteiger partial charge in [-0.3, -0.25) is 9.52 Å². The molecule has 0 spiro atoms. The van der Waals surface area contributed by atoms with E-state index in [-0.39, 0.29) is 17.7 Å². The first-order valence-electron chi connectivity index (χ1n) is 7.15. The summed E-state index contributed by atoms with van der Waals surface area (Å²) >= 11 is 0. The van der Waals surface area contributed by atoms with Crippen LogP contribution in [0.2, 0.25) is 0 Å². The van der Waals surface area contributed by atoms with E-state index >= 15 is 0 Å². The predicted octanol–water partition coefficient (Wildman–Crippen LogP) is 1.53. The molecule has 0 bridgehead atoms. The Morgan fingerprint density at radius 3 is 2.48 bits per heavy atom. The van der Waals surface area contributed by atoms with E-state index in [0.717, 1.165) is 25.8 Å². The Balaban J connectivity index is 1.94. The molecule has 1 aliphatic heterocycles. The van der Waals surface area contributed by atoms with Gasteiger partial charge in [-0.25, -0.2) is 8.42 Å². The minimum atomic E-state index is -3.27. The molecule has 116 valence electrons. The molecule has 0 unspecified atom stereocenters. The molecule has 21 heavy (non-hydrogen) atoms. The van der Waals surface area contributed by atoms with Crippen molar-refractivity contribution in [3.8, 4) is 0 Å². The van der Waals surface area contributed by atoms with E-state index in [1.807, 2.05) is 0 Å². The monoisotopic (exact) mass is 311 g/mol. The van der Waals surface area contributed by atoms with E-state index in [2.05, 4.69) is 15.4 Å². The van der Waals surface area contributed by atoms with Crippen molar-refractivity contribution in [1.82, 2.24) is 5.32 Å². The number of hydrogen-bond acceptors (Lipinski definition) is 4. The second-order valence-corrected chi connectivity index (χ2v) is 7.09. The highest BCUT2D eigenvalue weighted by Gasteiger charge is 2.20. The summed E-state index contributed by atoms with van der Waals surface area (Å²) in [7, 11) is -3.27. The van der Waals surface area contributed by atoms with Gasteiger partial charge in [0.05, 0.1) is 11.8 Å². The third-order valence-electron chi connectivity index (χ3n) is 3.43. The Hall–Kier alpha value is -1.60. The summed E-state index contributed by atoms with van der Waals surface area (Å²) in [6, 6.07) is 6.51. The average molecular weight is 311 g/mol. The molecule has 1 aliphatic rings. The van der Waals surface area contributed by atoms with E-state index in [9.17, 15) is 13.2 Å². The van der Waals surface area contributed by atoms with Gasteiger partial charge in [0.25, 0.3) is 0 Å². The Morgan fingerprint density at radius 1 is 1.24 bits per heavy atom. The van der Waals surface area contributed by atoms with Gasteiger partial charge < -0.3 is 10.6 Å². The zero-order valence-corrected chi connectivity index (χ0v) is 12.9. The average Bonchev–Trinajstić information content (AvgIpc) is 2.50. The summed E-state index contributed by atoms with van der Waals surface area (Å²) in [5.74, 6) is -0.0182. The largest absolute Gasteiger partial charge is 0.325 e. The lowest BCUT2D eigenvalue weighted by atomic mass is 10.0. The van der Waals surface area contributed by atoms with Crippen LogP contribution in [0, 0.1) is 0 Å². The Morgan fingerprint density at radius 2 is 1.90 bits per heavy atom. The topological polar surface area (TPSA) is 87.3 Å². The van der Waals surface area contributed by atoms with Crippen LogP contribution in [0.4, 0.5) is 11.4 Å². The maximum Gasteiger partial charge on any atom is 0.241 e. The fraction of sp³-hybridized carbons (Fsp3) is 0.500. The second-order valence-electron chi connectivity index (χ2n) is 5.07. The number of rotatable bonds is 5. The highest BCUT2D eigenvalue weighted by molar-refractivity contribution is 7.92. The number of nitrogens with one attached hydrogen (secondary N) is 3. The predicted molar refractivity (Wildman–Crippen MR) is 83.8 cm³/mol. The number of piperidine rings is 1. The smallest absolute Gasteiger partial charge is 0.241 e. The molecule has 1 atom stereocenters. The molecule has 1 aromatic carbocycles. The number of amides is 1. The first-order valence-corrected chi connectivity index (χ1v) is 8.80. The molecule has 1 saturated heterocycles. The first kappa shape index (κ1) is 15.8. The van der Waals surface area contributed by atoms with Crippen LogP contribution in [0.25, 0.3) is 0 Å². The van der Waals surface area contributed by atoms with Crippen molar-refractivity contribution in [2.24, 2.45) is 0 Å². The van der Waals surface area contributed by atoms with Crippen LogP contribution < -0.4 is 15.4 Å². The molecule has 0 saturated carbocycles. The summed E-state index contributed by atoms with van der Waals surface area (Å²) in [6.07, 6.45) is 3.01. The van der Waals surface area contributed by atoms with Crippen molar-refractivity contribution in [2.75, 3.05) is 22.3 Å². The van der Waals surface area contributed by atoms with Gasteiger partial charge >= 0.3 is 0 Å². The maximum absolute atomic E-state index is 12.0. The van der Waals surface area contributed by atoms with E-state index in [0.29, 0.717) is 11.4 Å². The molecule has 0 aromatic heterocycles. The summed E-state index contributed by atoms with van der Waals surface area (Å²) in [5, 5.41) is 6.02. The molecule has 0 radical (unpaired) electrons. The number of benzene rings is 1. The molecule has 1 amide bonds. The van der Waals surface area contributed by atoms with Crippen LogP contribution in [0.1, 0.15) is 26.2 Å². The highest BCUT2D eigenvalue weighted by atomic mass is 32.2. The lowest BCUT2D eigenvalue weighted by molar-refractivity contribution is -0.118. The maximum atomic E-state index is 12.0. The SMILES string of the molecule is CCS(=O)(=O)Nc1ccc(NC(=O)[C@H]2CCCCN2)cc1. The van der Waals surface area contributed by atoms with E-state index in [1.54, 1.807) is 31.2 Å². The van der Waals surface area contributed by atoms with Gasteiger partial charge in [0.1, 0.15) is 0 Å². The van der Waals surface area contributed by atoms with Crippen LogP contribution in [0.15, 0.2) is 24.3 Å². The van der Waals surface area contributed by atoms with E-state index in [1.165, 1.54) is 0 Å². The van der Waals surface area contributed by atoms with Gasteiger partial charge in [-0.1, -0.05) is 6.42 Å². The van der Waals surface area contributed by atoms with E-state index in [4.69, 9.17) is 0 Å². The summed E-state index contributed by atoms with van der Waals surface area (Å²) < 4.78 is 25.4. The lowest BCUT2D eigenvalue weighted by Gasteiger charge is -2.22. The van der Waals surface area contributed by atoms with Crippen molar-refractivity contribution in [3.05, 3.63) is 24.3 Å². The van der Waals surface area contributed by atoms with Crippen molar-refractivity contribution < 1.29 is 13.2 Å². The molecule has 7 heteroatoms. The zero-order chi connectivity index (χ0) is 15.3. The standard InChI is InChI=1S/C14H21N3O3S/c1-2-21(19,20)17-12-8-6-11(7-9-12)16-14(18)13-5-3-4-10-15-13/h6-9,13,15,17H,2-5,10H2,1H3,(H,16,18)/t13-/m1/s1. The minimum absolute atomic E-state index is 0.0266. The molecule has 2 rings (SSSR count). The van der Waals surface area contributed by atoms with Crippen LogP contribution in [0.3, 0.4) is 0 Å². The van der Waals surface area contributed by atoms with Crippen LogP contribution >= 0.6 is 0 Å². The summed E-state index contributed by atoms with van der Waals surface area (Å²) in [5.41, 5.74) is 1.15. The minimum Gasteiger partial charge on any atom is -0.325 e. The fourth-order valence-corrected chi connectivity index (χ4v) is 2.82. The van der Waals surface area contributed by atoms with Crippen molar-refractivity contribution in [1.29, 1.82) is 0 Å². The van der Waals surface area contributed by atoms with Crippen LogP contribution in [-0.2, 0) is 14.8 Å². The van der Waals surface area contributed by atoms with Gasteiger partial charge in [-0.15, -0.1) is 0 Å². The van der Waals surface area contributed by atoms with Crippen molar-refractivity contribution >= 4 is 27.3 Å². The van der Waals surface area contributed by atoms with Crippen LogP contribution in [0.5, 0.6) is 0 Å². The Labute approximate surface area is 125 Å². The molecule has 1 aromatic rings. The summed E-state index contributed by atoms with van der Waals surface area (Å²) in [6.45, 7) is 2.45. The van der Waals surface area contributed by atoms with Crippen molar-refractivity contribution in [2.45, 2.75) is 32.2 Å². The van der Waals surface area contributed by atoms with E-state index < -0.39 is 10.0 Å². The second kappa shape index (κ2) is 6.91. The number of sulfonamides is 1.